The summed E-state index contributed by atoms with van der Waals surface area (Å²) in [6, 6.07) is 7.30. The first-order valence-electron chi connectivity index (χ1n) is 5.86. The predicted octanol–water partition coefficient (Wildman–Crippen LogP) is 2.20. The topological polar surface area (TPSA) is 63.6 Å². The van der Waals surface area contributed by atoms with Crippen LogP contribution in [0, 0.1) is 0 Å². The third-order valence-corrected chi connectivity index (χ3v) is 3.15. The van der Waals surface area contributed by atoms with E-state index in [1.165, 1.54) is 0 Å². The Morgan fingerprint density at radius 2 is 2.16 bits per heavy atom. The van der Waals surface area contributed by atoms with Crippen molar-refractivity contribution in [2.45, 2.75) is 18.9 Å². The van der Waals surface area contributed by atoms with Crippen LogP contribution in [0.25, 0.3) is 0 Å². The van der Waals surface area contributed by atoms with Gasteiger partial charge in [-0.25, -0.2) is 4.79 Å². The van der Waals surface area contributed by atoms with Crippen LogP contribution in [0.4, 0.5) is 0 Å². The van der Waals surface area contributed by atoms with Crippen LogP contribution in [0.15, 0.2) is 48.8 Å². The number of hydrogen-bond donors (Lipinski definition) is 1. The maximum absolute atomic E-state index is 12.1. The Hall–Kier alpha value is -2.36. The fourth-order valence-electron chi connectivity index (χ4n) is 2.17. The van der Waals surface area contributed by atoms with Crippen LogP contribution in [0.3, 0.4) is 0 Å². The second-order valence-corrected chi connectivity index (χ2v) is 4.46. The molecule has 0 saturated carbocycles. The van der Waals surface area contributed by atoms with E-state index in [1.54, 1.807) is 25.1 Å². The molecule has 0 radical (unpaired) electrons. The first kappa shape index (κ1) is 13.1. The molecule has 98 valence electrons. The van der Waals surface area contributed by atoms with Crippen molar-refractivity contribution in [1.29, 1.82) is 0 Å². The zero-order valence-corrected chi connectivity index (χ0v) is 10.6. The lowest BCUT2D eigenvalue weighted by molar-refractivity contribution is -0.141. The number of carbonyl (C=O) groups is 2. The summed E-state index contributed by atoms with van der Waals surface area (Å²) in [5.41, 5.74) is 0.300. The molecule has 1 aromatic carbocycles. The number of ketones is 1. The lowest BCUT2D eigenvalue weighted by Crippen LogP contribution is -2.31. The third-order valence-electron chi connectivity index (χ3n) is 3.15. The smallest absolute Gasteiger partial charge is 0.371 e. The highest BCUT2D eigenvalue weighted by atomic mass is 16.5. The van der Waals surface area contributed by atoms with E-state index in [1.807, 2.05) is 12.1 Å². The second-order valence-electron chi connectivity index (χ2n) is 4.46. The lowest BCUT2D eigenvalue weighted by atomic mass is 9.87. The minimum Gasteiger partial charge on any atom is -0.475 e. The van der Waals surface area contributed by atoms with E-state index in [0.717, 1.165) is 11.6 Å². The summed E-state index contributed by atoms with van der Waals surface area (Å²) < 4.78 is 5.37. The van der Waals surface area contributed by atoms with E-state index >= 15 is 0 Å². The molecule has 4 nitrogen and oxygen atoms in total. The second kappa shape index (κ2) is 4.72. The number of aliphatic carboxylic acids is 1. The predicted molar refractivity (Wildman–Crippen MR) is 69.5 cm³/mol. The molecule has 1 N–H and O–H groups in total. The van der Waals surface area contributed by atoms with Gasteiger partial charge in [0.25, 0.3) is 0 Å². The van der Waals surface area contributed by atoms with Crippen molar-refractivity contribution < 1.29 is 19.4 Å². The molecule has 1 unspecified atom stereocenters. The van der Waals surface area contributed by atoms with Crippen LogP contribution in [-0.4, -0.2) is 16.9 Å². The minimum absolute atomic E-state index is 0.319. The molecule has 0 amide bonds. The van der Waals surface area contributed by atoms with Crippen molar-refractivity contribution in [3.05, 3.63) is 59.9 Å². The number of carbonyl (C=O) groups excluding carboxylic acids is 1. The first-order chi connectivity index (χ1) is 8.99. The summed E-state index contributed by atoms with van der Waals surface area (Å²) in [5.74, 6) is -1.92. The van der Waals surface area contributed by atoms with Crippen molar-refractivity contribution in [1.82, 2.24) is 0 Å². The third kappa shape index (κ3) is 2.17. The number of benzene rings is 1. The van der Waals surface area contributed by atoms with Crippen LogP contribution in [-0.2, 0) is 26.3 Å². The maximum Gasteiger partial charge on any atom is 0.371 e. The monoisotopic (exact) mass is 258 g/mol. The number of rotatable bonds is 4. The molecule has 0 saturated heterocycles. The van der Waals surface area contributed by atoms with Crippen LogP contribution in [0.2, 0.25) is 0 Å². The molecular formula is C15H14O4. The van der Waals surface area contributed by atoms with Gasteiger partial charge in [-0.15, -0.1) is 6.58 Å². The number of ether oxygens (including phenoxy) is 1. The Bertz CT molecular complexity index is 586. The average molecular weight is 258 g/mol. The van der Waals surface area contributed by atoms with Crippen molar-refractivity contribution in [2.24, 2.45) is 0 Å². The molecular weight excluding hydrogens is 244 g/mol. The van der Waals surface area contributed by atoms with Crippen molar-refractivity contribution >= 4 is 11.8 Å². The van der Waals surface area contributed by atoms with Gasteiger partial charge in [0.15, 0.2) is 5.60 Å². The Morgan fingerprint density at radius 3 is 2.74 bits per heavy atom. The molecule has 1 aliphatic rings. The highest BCUT2D eigenvalue weighted by molar-refractivity contribution is 6.05. The van der Waals surface area contributed by atoms with Crippen LogP contribution < -0.4 is 0 Å². The van der Waals surface area contributed by atoms with Gasteiger partial charge in [-0.1, -0.05) is 30.3 Å². The minimum atomic E-state index is -1.27. The fraction of sp³-hybridized carbons (Fsp3) is 0.200. The Kier molecular flexibility index (Phi) is 3.25. The van der Waals surface area contributed by atoms with Gasteiger partial charge in [0, 0.05) is 11.6 Å². The van der Waals surface area contributed by atoms with Gasteiger partial charge in [0.1, 0.15) is 0 Å². The lowest BCUT2D eigenvalue weighted by Gasteiger charge is -2.25. The molecule has 1 aliphatic heterocycles. The van der Waals surface area contributed by atoms with Gasteiger partial charge in [-0.05, 0) is 18.9 Å². The Balaban J connectivity index is 2.45. The Morgan fingerprint density at radius 1 is 1.47 bits per heavy atom. The zero-order valence-electron chi connectivity index (χ0n) is 10.6. The summed E-state index contributed by atoms with van der Waals surface area (Å²) in [6.07, 6.45) is 3.35. The highest BCUT2D eigenvalue weighted by Crippen LogP contribution is 2.36. The van der Waals surface area contributed by atoms with Gasteiger partial charge in [0.05, 0.1) is 0 Å². The number of hydrogen-bond acceptors (Lipinski definition) is 3. The quantitative estimate of drug-likeness (QED) is 0.841. The van der Waals surface area contributed by atoms with Gasteiger partial charge >= 0.3 is 5.97 Å². The molecule has 0 fully saturated rings. The van der Waals surface area contributed by atoms with Gasteiger partial charge in [0.2, 0.25) is 11.5 Å². The van der Waals surface area contributed by atoms with E-state index < -0.39 is 11.6 Å². The highest BCUT2D eigenvalue weighted by Gasteiger charge is 2.44. The molecule has 0 spiro atoms. The number of carboxylic acid groups (broad SMARTS) is 1. The number of carboxylic acids is 1. The number of allylic oxidation sites excluding steroid dienone is 1. The standard InChI is InChI=1S/C15H14O4/c1-3-6-10-7-4-5-8-11(10)15(2)13(16)9-12(19-15)14(17)18/h3-5,7-9H,1,6H2,2H3,(H,17,18). The first-order valence-corrected chi connectivity index (χ1v) is 5.86. The molecule has 1 aromatic rings. The van der Waals surface area contributed by atoms with E-state index in [2.05, 4.69) is 6.58 Å². The summed E-state index contributed by atoms with van der Waals surface area (Å²) >= 11 is 0. The SMILES string of the molecule is C=CCc1ccccc1C1(C)OC(C(=O)O)=CC1=O. The molecule has 0 aliphatic carbocycles. The maximum atomic E-state index is 12.1. The van der Waals surface area contributed by atoms with Gasteiger partial charge in [-0.3, -0.25) is 4.79 Å². The average Bonchev–Trinajstić information content (AvgIpc) is 2.68. The van der Waals surface area contributed by atoms with Gasteiger partial charge < -0.3 is 9.84 Å². The Labute approximate surface area is 111 Å². The molecule has 0 aromatic heterocycles. The van der Waals surface area contributed by atoms with E-state index in [9.17, 15) is 9.59 Å². The van der Waals surface area contributed by atoms with Crippen molar-refractivity contribution in [3.8, 4) is 0 Å². The van der Waals surface area contributed by atoms with E-state index in [-0.39, 0.29) is 11.5 Å². The molecule has 1 atom stereocenters. The summed E-state index contributed by atoms with van der Waals surface area (Å²) in [4.78, 5) is 23.0. The zero-order chi connectivity index (χ0) is 14.0. The summed E-state index contributed by atoms with van der Waals surface area (Å²) in [7, 11) is 0. The van der Waals surface area contributed by atoms with Crippen LogP contribution >= 0.6 is 0 Å². The summed E-state index contributed by atoms with van der Waals surface area (Å²) in [6.45, 7) is 5.26. The normalized spacial score (nSPS) is 21.7. The van der Waals surface area contributed by atoms with E-state index in [0.29, 0.717) is 12.0 Å². The molecule has 2 rings (SSSR count). The van der Waals surface area contributed by atoms with Gasteiger partial charge in [-0.2, -0.15) is 0 Å². The molecule has 19 heavy (non-hydrogen) atoms. The molecule has 4 heteroatoms. The molecule has 1 heterocycles. The fourth-order valence-corrected chi connectivity index (χ4v) is 2.17. The van der Waals surface area contributed by atoms with Crippen molar-refractivity contribution in [2.75, 3.05) is 0 Å². The van der Waals surface area contributed by atoms with Crippen LogP contribution in [0.5, 0.6) is 0 Å². The van der Waals surface area contributed by atoms with E-state index in [4.69, 9.17) is 9.84 Å². The van der Waals surface area contributed by atoms with Crippen LogP contribution in [0.1, 0.15) is 18.1 Å². The summed E-state index contributed by atoms with van der Waals surface area (Å²) in [5, 5.41) is 8.92. The largest absolute Gasteiger partial charge is 0.475 e. The van der Waals surface area contributed by atoms with Crippen molar-refractivity contribution in [3.63, 3.8) is 0 Å². The molecule has 0 bridgehead atoms.